The lowest BCUT2D eigenvalue weighted by Crippen LogP contribution is -2.39. The predicted octanol–water partition coefficient (Wildman–Crippen LogP) is 1.78. The second-order valence-electron chi connectivity index (χ2n) is 7.28. The first-order chi connectivity index (χ1) is 11.8. The van der Waals surface area contributed by atoms with Gasteiger partial charge in [0.15, 0.2) is 11.2 Å². The zero-order valence-electron chi connectivity index (χ0n) is 14.3. The van der Waals surface area contributed by atoms with Crippen LogP contribution < -0.4 is 10.9 Å². The Morgan fingerprint density at radius 3 is 2.60 bits per heavy atom. The molecule has 0 aliphatic heterocycles. The van der Waals surface area contributed by atoms with Gasteiger partial charge in [0.05, 0.1) is 11.7 Å². The van der Waals surface area contributed by atoms with Crippen LogP contribution in [0.25, 0.3) is 5.52 Å². The maximum absolute atomic E-state index is 12.9. The fraction of sp³-hybridized carbons (Fsp3) is 0.333. The zero-order valence-corrected chi connectivity index (χ0v) is 14.3. The van der Waals surface area contributed by atoms with Gasteiger partial charge < -0.3 is 10.3 Å². The number of aromatic amines is 1. The molecule has 1 fully saturated rings. The van der Waals surface area contributed by atoms with Crippen molar-refractivity contribution in [2.45, 2.75) is 32.7 Å². The number of aryl methyl sites for hydroxylation is 1. The zero-order chi connectivity index (χ0) is 17.8. The Bertz CT molecular complexity index is 1030. The van der Waals surface area contributed by atoms with Crippen molar-refractivity contribution in [1.82, 2.24) is 25.1 Å². The summed E-state index contributed by atoms with van der Waals surface area (Å²) in [7, 11) is 0. The Hall–Kier alpha value is -2.96. The van der Waals surface area contributed by atoms with E-state index in [0.717, 1.165) is 12.0 Å². The minimum atomic E-state index is -0.460. The Labute approximate surface area is 144 Å². The average Bonchev–Trinajstić information content (AvgIpc) is 2.92. The summed E-state index contributed by atoms with van der Waals surface area (Å²) in [5, 5.41) is 10.9. The van der Waals surface area contributed by atoms with Crippen LogP contribution >= 0.6 is 0 Å². The minimum Gasteiger partial charge on any atom is -0.340 e. The number of hydrogen-bond acceptors (Lipinski definition) is 4. The summed E-state index contributed by atoms with van der Waals surface area (Å²) in [5.74, 6) is -0.390. The highest BCUT2D eigenvalue weighted by Crippen LogP contribution is 2.62. The van der Waals surface area contributed by atoms with Gasteiger partial charge in [-0.25, -0.2) is 4.52 Å². The number of hydrogen-bond donors (Lipinski definition) is 2. The third kappa shape index (κ3) is 2.26. The monoisotopic (exact) mass is 337 g/mol. The van der Waals surface area contributed by atoms with Gasteiger partial charge in [0.1, 0.15) is 0 Å². The number of H-pyrrole nitrogens is 1. The fourth-order valence-electron chi connectivity index (χ4n) is 3.58. The van der Waals surface area contributed by atoms with E-state index in [1.807, 2.05) is 30.3 Å². The highest BCUT2D eigenvalue weighted by atomic mass is 16.2. The maximum Gasteiger partial charge on any atom is 0.276 e. The quantitative estimate of drug-likeness (QED) is 0.762. The predicted molar refractivity (Wildman–Crippen MR) is 92.3 cm³/mol. The van der Waals surface area contributed by atoms with Crippen molar-refractivity contribution in [3.05, 3.63) is 63.8 Å². The van der Waals surface area contributed by atoms with Gasteiger partial charge in [0.25, 0.3) is 11.5 Å². The normalized spacial score (nSPS) is 21.2. The van der Waals surface area contributed by atoms with E-state index in [1.54, 1.807) is 13.1 Å². The van der Waals surface area contributed by atoms with E-state index in [1.165, 1.54) is 4.52 Å². The Balaban J connectivity index is 1.74. The van der Waals surface area contributed by atoms with Crippen LogP contribution in [-0.2, 0) is 5.54 Å². The number of aromatic nitrogens is 4. The Morgan fingerprint density at radius 1 is 1.28 bits per heavy atom. The number of nitrogens with zero attached hydrogens (tertiary/aromatic N) is 3. The lowest BCUT2D eigenvalue weighted by Gasteiger charge is -2.22. The summed E-state index contributed by atoms with van der Waals surface area (Å²) in [6.45, 7) is 5.97. The Kier molecular flexibility index (Phi) is 3.12. The third-order valence-corrected chi connectivity index (χ3v) is 5.08. The van der Waals surface area contributed by atoms with E-state index in [2.05, 4.69) is 34.5 Å². The number of carbonyl (C=O) groups excluding carboxylic acids is 1. The van der Waals surface area contributed by atoms with Gasteiger partial charge in [-0.1, -0.05) is 49.4 Å². The second-order valence-corrected chi connectivity index (χ2v) is 7.28. The molecule has 7 nitrogen and oxygen atoms in total. The SMILES string of the molecule is Cc1cn2nnc(C(=O)NC3(c4ccccc4)CC3(C)C)c2c(=O)[nH]1. The van der Waals surface area contributed by atoms with Gasteiger partial charge in [0.2, 0.25) is 0 Å². The first kappa shape index (κ1) is 15.6. The molecule has 2 aromatic heterocycles. The standard InChI is InChI=1S/C18H19N5O2/c1-11-9-23-14(16(25)19-11)13(21-22-23)15(24)20-18(10-17(18,2)3)12-7-5-4-6-8-12/h4-9H,10H2,1-3H3,(H,19,25)(H,20,24). The van der Waals surface area contributed by atoms with Crippen LogP contribution in [0.15, 0.2) is 41.3 Å². The molecule has 1 atom stereocenters. The second kappa shape index (κ2) is 5.02. The third-order valence-electron chi connectivity index (χ3n) is 5.08. The number of benzene rings is 1. The molecule has 128 valence electrons. The van der Waals surface area contributed by atoms with Crippen LogP contribution in [0, 0.1) is 12.3 Å². The average molecular weight is 337 g/mol. The highest BCUT2D eigenvalue weighted by molar-refractivity contribution is 5.99. The molecule has 2 heterocycles. The van der Waals surface area contributed by atoms with E-state index in [0.29, 0.717) is 5.69 Å². The molecule has 1 aromatic carbocycles. The number of fused-ring (bicyclic) bond motifs is 1. The van der Waals surface area contributed by atoms with Crippen molar-refractivity contribution in [3.63, 3.8) is 0 Å². The lowest BCUT2D eigenvalue weighted by molar-refractivity contribution is 0.0917. The molecule has 0 spiro atoms. The number of carbonyl (C=O) groups is 1. The Morgan fingerprint density at radius 2 is 1.96 bits per heavy atom. The van der Waals surface area contributed by atoms with E-state index in [-0.39, 0.29) is 22.2 Å². The molecule has 1 saturated carbocycles. The molecule has 1 unspecified atom stereocenters. The van der Waals surface area contributed by atoms with E-state index < -0.39 is 11.4 Å². The summed E-state index contributed by atoms with van der Waals surface area (Å²) < 4.78 is 1.34. The van der Waals surface area contributed by atoms with Crippen molar-refractivity contribution >= 4 is 11.4 Å². The van der Waals surface area contributed by atoms with E-state index in [9.17, 15) is 9.59 Å². The van der Waals surface area contributed by atoms with Crippen LogP contribution in [0.3, 0.4) is 0 Å². The van der Waals surface area contributed by atoms with Gasteiger partial charge in [-0.05, 0) is 24.3 Å². The molecule has 0 bridgehead atoms. The van der Waals surface area contributed by atoms with Crippen LogP contribution in [0.2, 0.25) is 0 Å². The molecule has 1 aliphatic rings. The van der Waals surface area contributed by atoms with Gasteiger partial charge >= 0.3 is 0 Å². The molecule has 4 rings (SSSR count). The molecule has 1 aliphatic carbocycles. The molecule has 0 saturated heterocycles. The van der Waals surface area contributed by atoms with Gasteiger partial charge in [-0.2, -0.15) is 0 Å². The molecule has 2 N–H and O–H groups in total. The summed E-state index contributed by atoms with van der Waals surface area (Å²) in [6.07, 6.45) is 2.46. The number of rotatable bonds is 3. The van der Waals surface area contributed by atoms with Crippen molar-refractivity contribution in [2.24, 2.45) is 5.41 Å². The smallest absolute Gasteiger partial charge is 0.276 e. The highest BCUT2D eigenvalue weighted by Gasteiger charge is 2.63. The molecule has 3 aromatic rings. The maximum atomic E-state index is 12.9. The summed E-state index contributed by atoms with van der Waals surface area (Å²) >= 11 is 0. The summed E-state index contributed by atoms with van der Waals surface area (Å²) in [6, 6.07) is 9.88. The molecule has 0 radical (unpaired) electrons. The molecular formula is C18H19N5O2. The van der Waals surface area contributed by atoms with E-state index in [4.69, 9.17) is 0 Å². The lowest BCUT2D eigenvalue weighted by atomic mass is 9.96. The first-order valence-corrected chi connectivity index (χ1v) is 8.17. The van der Waals surface area contributed by atoms with Crippen LogP contribution in [-0.4, -0.2) is 25.7 Å². The van der Waals surface area contributed by atoms with E-state index >= 15 is 0 Å². The molecule has 7 heteroatoms. The summed E-state index contributed by atoms with van der Waals surface area (Å²) in [4.78, 5) is 27.8. The van der Waals surface area contributed by atoms with Crippen molar-refractivity contribution in [1.29, 1.82) is 0 Å². The largest absolute Gasteiger partial charge is 0.340 e. The fourth-order valence-corrected chi connectivity index (χ4v) is 3.58. The van der Waals surface area contributed by atoms with Crippen LogP contribution in [0.5, 0.6) is 0 Å². The van der Waals surface area contributed by atoms with Crippen LogP contribution in [0.1, 0.15) is 42.0 Å². The minimum absolute atomic E-state index is 0.0410. The molecule has 1 amide bonds. The van der Waals surface area contributed by atoms with Gasteiger partial charge in [-0.3, -0.25) is 9.59 Å². The van der Waals surface area contributed by atoms with Crippen LogP contribution in [0.4, 0.5) is 0 Å². The first-order valence-electron chi connectivity index (χ1n) is 8.17. The van der Waals surface area contributed by atoms with Crippen molar-refractivity contribution in [3.8, 4) is 0 Å². The topological polar surface area (TPSA) is 92.2 Å². The van der Waals surface area contributed by atoms with Gasteiger partial charge in [0, 0.05) is 5.69 Å². The number of amides is 1. The summed E-state index contributed by atoms with van der Waals surface area (Å²) in [5.41, 5.74) is 0.991. The molecular weight excluding hydrogens is 318 g/mol. The van der Waals surface area contributed by atoms with Gasteiger partial charge in [-0.15, -0.1) is 5.10 Å². The molecule has 25 heavy (non-hydrogen) atoms. The van der Waals surface area contributed by atoms with Crippen molar-refractivity contribution in [2.75, 3.05) is 0 Å². The van der Waals surface area contributed by atoms with Crippen molar-refractivity contribution < 1.29 is 4.79 Å². The number of nitrogens with one attached hydrogen (secondary N) is 2.